The number of benzene rings is 1. The van der Waals surface area contributed by atoms with E-state index < -0.39 is 0 Å². The third kappa shape index (κ3) is 2.42. The third-order valence-electron chi connectivity index (χ3n) is 3.79. The minimum absolute atomic E-state index is 0.0935. The number of thiocarbonyl (C=S) groups is 1. The van der Waals surface area contributed by atoms with Gasteiger partial charge in [0.25, 0.3) is 0 Å². The Morgan fingerprint density at radius 2 is 2.10 bits per heavy atom. The molecular formula is C15H16N4OS. The SMILES string of the molecule is CN1CCN(c2c(C(N)=S)cnc3ccccc23)CC1=O. The number of aromatic nitrogens is 1. The number of nitrogens with zero attached hydrogens (tertiary/aromatic N) is 3. The average molecular weight is 300 g/mol. The Bertz CT molecular complexity index is 731. The molecule has 108 valence electrons. The molecule has 21 heavy (non-hydrogen) atoms. The summed E-state index contributed by atoms with van der Waals surface area (Å²) in [6.45, 7) is 1.78. The van der Waals surface area contributed by atoms with Gasteiger partial charge in [-0.15, -0.1) is 0 Å². The smallest absolute Gasteiger partial charge is 0.241 e. The van der Waals surface area contributed by atoms with E-state index in [-0.39, 0.29) is 5.91 Å². The van der Waals surface area contributed by atoms with E-state index in [2.05, 4.69) is 4.98 Å². The first-order chi connectivity index (χ1) is 10.1. The van der Waals surface area contributed by atoms with Crippen molar-refractivity contribution >= 4 is 39.7 Å². The number of pyridine rings is 1. The molecule has 1 aromatic carbocycles. The van der Waals surface area contributed by atoms with E-state index in [0.29, 0.717) is 18.1 Å². The van der Waals surface area contributed by atoms with Crippen molar-refractivity contribution in [1.29, 1.82) is 0 Å². The maximum atomic E-state index is 12.0. The lowest BCUT2D eigenvalue weighted by atomic mass is 10.1. The Balaban J connectivity index is 2.17. The van der Waals surface area contributed by atoms with Crippen molar-refractivity contribution in [2.75, 3.05) is 31.6 Å². The van der Waals surface area contributed by atoms with E-state index in [1.54, 1.807) is 11.1 Å². The fourth-order valence-electron chi connectivity index (χ4n) is 2.60. The third-order valence-corrected chi connectivity index (χ3v) is 4.01. The molecule has 2 aromatic rings. The second-order valence-corrected chi connectivity index (χ2v) is 5.58. The van der Waals surface area contributed by atoms with Crippen LogP contribution in [0.4, 0.5) is 5.69 Å². The number of hydrogen-bond acceptors (Lipinski definition) is 4. The first-order valence-electron chi connectivity index (χ1n) is 6.74. The molecule has 6 heteroatoms. The second-order valence-electron chi connectivity index (χ2n) is 5.14. The number of likely N-dealkylation sites (N-methyl/N-ethyl adjacent to an activating group) is 1. The van der Waals surface area contributed by atoms with Crippen LogP contribution in [0.1, 0.15) is 5.56 Å². The first kappa shape index (κ1) is 13.8. The zero-order valence-corrected chi connectivity index (χ0v) is 12.6. The quantitative estimate of drug-likeness (QED) is 0.843. The highest BCUT2D eigenvalue weighted by atomic mass is 32.1. The molecule has 2 heterocycles. The second kappa shape index (κ2) is 5.29. The number of rotatable bonds is 2. The van der Waals surface area contributed by atoms with E-state index in [4.69, 9.17) is 18.0 Å². The van der Waals surface area contributed by atoms with Gasteiger partial charge in [0.1, 0.15) is 4.99 Å². The van der Waals surface area contributed by atoms with Gasteiger partial charge >= 0.3 is 0 Å². The van der Waals surface area contributed by atoms with Gasteiger partial charge in [-0.2, -0.15) is 0 Å². The van der Waals surface area contributed by atoms with Crippen LogP contribution < -0.4 is 10.6 Å². The van der Waals surface area contributed by atoms with Gasteiger partial charge in [-0.3, -0.25) is 9.78 Å². The molecule has 0 atom stereocenters. The van der Waals surface area contributed by atoms with Crippen LogP contribution in [0.25, 0.3) is 10.9 Å². The number of piperazine rings is 1. The molecule has 0 spiro atoms. The fourth-order valence-corrected chi connectivity index (χ4v) is 2.75. The summed E-state index contributed by atoms with van der Waals surface area (Å²) in [6.07, 6.45) is 1.70. The summed E-state index contributed by atoms with van der Waals surface area (Å²) in [5.41, 5.74) is 8.35. The van der Waals surface area contributed by atoms with Crippen molar-refractivity contribution < 1.29 is 4.79 Å². The fraction of sp³-hybridized carbons (Fsp3) is 0.267. The maximum absolute atomic E-state index is 12.0. The largest absolute Gasteiger partial charge is 0.389 e. The molecule has 2 N–H and O–H groups in total. The topological polar surface area (TPSA) is 62.5 Å². The van der Waals surface area contributed by atoms with Crippen LogP contribution in [0, 0.1) is 0 Å². The minimum Gasteiger partial charge on any atom is -0.389 e. The molecule has 0 unspecified atom stereocenters. The number of amides is 1. The van der Waals surface area contributed by atoms with Crippen molar-refractivity contribution in [2.45, 2.75) is 0 Å². The maximum Gasteiger partial charge on any atom is 0.241 e. The zero-order chi connectivity index (χ0) is 15.0. The molecule has 0 bridgehead atoms. The predicted molar refractivity (Wildman–Crippen MR) is 87.5 cm³/mol. The van der Waals surface area contributed by atoms with Crippen LogP contribution in [0.2, 0.25) is 0 Å². The lowest BCUT2D eigenvalue weighted by Crippen LogP contribution is -2.49. The minimum atomic E-state index is 0.0935. The van der Waals surface area contributed by atoms with Gasteiger partial charge in [0, 0.05) is 31.7 Å². The standard InChI is InChI=1S/C15H16N4OS/c1-18-6-7-19(9-13(18)20)14-10-4-2-3-5-12(10)17-8-11(14)15(16)21/h2-5,8H,6-7,9H2,1H3,(H2,16,21). The summed E-state index contributed by atoms with van der Waals surface area (Å²) in [5, 5.41) is 0.972. The summed E-state index contributed by atoms with van der Waals surface area (Å²) < 4.78 is 0. The lowest BCUT2D eigenvalue weighted by Gasteiger charge is -2.35. The summed E-state index contributed by atoms with van der Waals surface area (Å²) in [5.74, 6) is 0.0935. The first-order valence-corrected chi connectivity index (χ1v) is 7.15. The number of hydrogen-bond donors (Lipinski definition) is 1. The van der Waals surface area contributed by atoms with Crippen molar-refractivity contribution in [1.82, 2.24) is 9.88 Å². The van der Waals surface area contributed by atoms with Crippen LogP contribution in [-0.4, -0.2) is 47.5 Å². The number of nitrogens with two attached hydrogens (primary N) is 1. The monoisotopic (exact) mass is 300 g/mol. The summed E-state index contributed by atoms with van der Waals surface area (Å²) in [7, 11) is 1.82. The Labute approximate surface area is 128 Å². The van der Waals surface area contributed by atoms with E-state index in [9.17, 15) is 4.79 Å². The summed E-state index contributed by atoms with van der Waals surface area (Å²) in [4.78, 5) is 20.5. The summed E-state index contributed by atoms with van der Waals surface area (Å²) in [6, 6.07) is 7.83. The molecule has 0 aliphatic carbocycles. The van der Waals surface area contributed by atoms with Crippen molar-refractivity contribution in [3.8, 4) is 0 Å². The highest BCUT2D eigenvalue weighted by molar-refractivity contribution is 7.80. The molecule has 1 aromatic heterocycles. The van der Waals surface area contributed by atoms with Crippen LogP contribution in [0.3, 0.4) is 0 Å². The number of fused-ring (bicyclic) bond motifs is 1. The predicted octanol–water partition coefficient (Wildman–Crippen LogP) is 1.15. The number of carbonyl (C=O) groups excluding carboxylic acids is 1. The van der Waals surface area contributed by atoms with Gasteiger partial charge in [-0.05, 0) is 6.07 Å². The molecule has 0 saturated carbocycles. The van der Waals surface area contributed by atoms with Gasteiger partial charge in [0.05, 0.1) is 23.3 Å². The highest BCUT2D eigenvalue weighted by Crippen LogP contribution is 2.30. The van der Waals surface area contributed by atoms with E-state index in [1.165, 1.54) is 0 Å². The molecule has 1 amide bonds. The van der Waals surface area contributed by atoms with Crippen LogP contribution in [0.5, 0.6) is 0 Å². The van der Waals surface area contributed by atoms with Gasteiger partial charge in [0.15, 0.2) is 0 Å². The number of anilines is 1. The Hall–Kier alpha value is -2.21. The van der Waals surface area contributed by atoms with E-state index in [1.807, 2.05) is 36.2 Å². The number of para-hydroxylation sites is 1. The van der Waals surface area contributed by atoms with E-state index >= 15 is 0 Å². The molecule has 3 rings (SSSR count). The lowest BCUT2D eigenvalue weighted by molar-refractivity contribution is -0.129. The molecular weight excluding hydrogens is 284 g/mol. The normalized spacial score (nSPS) is 15.6. The van der Waals surface area contributed by atoms with Gasteiger partial charge < -0.3 is 15.5 Å². The van der Waals surface area contributed by atoms with Crippen LogP contribution >= 0.6 is 12.2 Å². The van der Waals surface area contributed by atoms with Gasteiger partial charge in [-0.25, -0.2) is 0 Å². The molecule has 1 saturated heterocycles. The van der Waals surface area contributed by atoms with Crippen molar-refractivity contribution in [2.24, 2.45) is 5.73 Å². The Morgan fingerprint density at radius 1 is 1.33 bits per heavy atom. The molecule has 5 nitrogen and oxygen atoms in total. The van der Waals surface area contributed by atoms with Gasteiger partial charge in [-0.1, -0.05) is 30.4 Å². The highest BCUT2D eigenvalue weighted by Gasteiger charge is 2.25. The van der Waals surface area contributed by atoms with Crippen LogP contribution in [-0.2, 0) is 4.79 Å². The summed E-state index contributed by atoms with van der Waals surface area (Å²) >= 11 is 5.15. The molecule has 1 aliphatic rings. The molecule has 1 fully saturated rings. The average Bonchev–Trinajstić information content (AvgIpc) is 2.49. The van der Waals surface area contributed by atoms with Crippen molar-refractivity contribution in [3.63, 3.8) is 0 Å². The zero-order valence-electron chi connectivity index (χ0n) is 11.7. The van der Waals surface area contributed by atoms with Gasteiger partial charge in [0.2, 0.25) is 5.91 Å². The van der Waals surface area contributed by atoms with Crippen LogP contribution in [0.15, 0.2) is 30.5 Å². The molecule has 0 radical (unpaired) electrons. The van der Waals surface area contributed by atoms with Crippen molar-refractivity contribution in [3.05, 3.63) is 36.0 Å². The Kier molecular flexibility index (Phi) is 3.47. The van der Waals surface area contributed by atoms with E-state index in [0.717, 1.165) is 28.7 Å². The number of carbonyl (C=O) groups is 1. The molecule has 1 aliphatic heterocycles. The Morgan fingerprint density at radius 3 is 2.81 bits per heavy atom.